The summed E-state index contributed by atoms with van der Waals surface area (Å²) in [6, 6.07) is 1.90. The van der Waals surface area contributed by atoms with Gasteiger partial charge in [0.2, 0.25) is 5.89 Å². The minimum atomic E-state index is -0.267. The molecule has 0 spiro atoms. The quantitative estimate of drug-likeness (QED) is 0.820. The maximum Gasteiger partial charge on any atom is 0.292 e. The van der Waals surface area contributed by atoms with E-state index >= 15 is 0 Å². The molecule has 1 amide bonds. The van der Waals surface area contributed by atoms with Crippen LogP contribution in [0.2, 0.25) is 0 Å². The summed E-state index contributed by atoms with van der Waals surface area (Å²) in [5.41, 5.74) is 5.71. The molecule has 2 fully saturated rings. The predicted octanol–water partition coefficient (Wildman–Crippen LogP) is 0.671. The predicted molar refractivity (Wildman–Crippen MR) is 83.6 cm³/mol. The van der Waals surface area contributed by atoms with Crippen molar-refractivity contribution in [2.75, 3.05) is 12.3 Å². The Bertz CT molecular complexity index is 743. The summed E-state index contributed by atoms with van der Waals surface area (Å²) in [5, 5.41) is 6.68. The molecule has 9 nitrogen and oxygen atoms in total. The van der Waals surface area contributed by atoms with Gasteiger partial charge in [-0.1, -0.05) is 5.16 Å². The van der Waals surface area contributed by atoms with Crippen LogP contribution in [-0.2, 0) is 6.54 Å². The van der Waals surface area contributed by atoms with Crippen LogP contribution in [0.4, 0.5) is 5.82 Å². The summed E-state index contributed by atoms with van der Waals surface area (Å²) < 4.78 is 5.33. The van der Waals surface area contributed by atoms with Crippen molar-refractivity contribution in [2.24, 2.45) is 0 Å². The van der Waals surface area contributed by atoms with E-state index in [4.69, 9.17) is 10.3 Å². The van der Waals surface area contributed by atoms with Crippen LogP contribution in [0.25, 0.3) is 0 Å². The Labute approximate surface area is 138 Å². The fraction of sp³-hybridized carbons (Fsp3) is 0.533. The number of nitrogens with two attached hydrogens (primary N) is 1. The van der Waals surface area contributed by atoms with E-state index in [2.05, 4.69) is 30.3 Å². The van der Waals surface area contributed by atoms with Crippen LogP contribution < -0.4 is 11.1 Å². The first-order chi connectivity index (χ1) is 11.7. The molecule has 0 aromatic carbocycles. The molecule has 126 valence electrons. The van der Waals surface area contributed by atoms with E-state index in [1.807, 2.05) is 0 Å². The van der Waals surface area contributed by atoms with Crippen molar-refractivity contribution in [1.82, 2.24) is 30.3 Å². The van der Waals surface area contributed by atoms with Gasteiger partial charge in [-0.2, -0.15) is 4.98 Å². The second-order valence-corrected chi connectivity index (χ2v) is 6.23. The number of nitrogen functional groups attached to an aromatic ring is 1. The van der Waals surface area contributed by atoms with E-state index in [1.54, 1.807) is 12.3 Å². The fourth-order valence-corrected chi connectivity index (χ4v) is 2.91. The Hall–Kier alpha value is -2.55. The first-order valence-electron chi connectivity index (χ1n) is 8.15. The highest BCUT2D eigenvalue weighted by Crippen LogP contribution is 2.31. The molecule has 2 aromatic rings. The Morgan fingerprint density at radius 2 is 2.25 bits per heavy atom. The van der Waals surface area contributed by atoms with Crippen LogP contribution in [0, 0.1) is 0 Å². The largest absolute Gasteiger partial charge is 0.384 e. The Morgan fingerprint density at radius 1 is 1.38 bits per heavy atom. The van der Waals surface area contributed by atoms with Gasteiger partial charge < -0.3 is 15.6 Å². The van der Waals surface area contributed by atoms with Gasteiger partial charge in [0.15, 0.2) is 0 Å². The van der Waals surface area contributed by atoms with E-state index < -0.39 is 0 Å². The van der Waals surface area contributed by atoms with Gasteiger partial charge in [-0.3, -0.25) is 9.69 Å². The van der Waals surface area contributed by atoms with Gasteiger partial charge in [0.1, 0.15) is 11.6 Å². The van der Waals surface area contributed by atoms with Gasteiger partial charge in [-0.25, -0.2) is 9.97 Å². The molecule has 1 saturated carbocycles. The molecule has 2 aliphatic rings. The van der Waals surface area contributed by atoms with Crippen LogP contribution in [0.15, 0.2) is 16.8 Å². The zero-order valence-electron chi connectivity index (χ0n) is 13.2. The second-order valence-electron chi connectivity index (χ2n) is 6.23. The fourth-order valence-electron chi connectivity index (χ4n) is 2.91. The van der Waals surface area contributed by atoms with Crippen LogP contribution in [0.5, 0.6) is 0 Å². The molecule has 3 heterocycles. The van der Waals surface area contributed by atoms with E-state index in [0.29, 0.717) is 24.1 Å². The highest BCUT2D eigenvalue weighted by molar-refractivity contribution is 5.90. The minimum Gasteiger partial charge on any atom is -0.384 e. The zero-order chi connectivity index (χ0) is 16.5. The SMILES string of the molecule is Nc1ccnc(CN2CCCC2c2nc(C(=O)NC3CC3)no2)n1. The number of amides is 1. The second kappa shape index (κ2) is 6.16. The smallest absolute Gasteiger partial charge is 0.292 e. The van der Waals surface area contributed by atoms with Crippen molar-refractivity contribution in [3.63, 3.8) is 0 Å². The monoisotopic (exact) mass is 329 g/mol. The number of carbonyl (C=O) groups is 1. The lowest BCUT2D eigenvalue weighted by Crippen LogP contribution is -2.27. The molecule has 1 aliphatic carbocycles. The Balaban J connectivity index is 1.46. The van der Waals surface area contributed by atoms with Crippen molar-refractivity contribution in [3.05, 3.63) is 29.8 Å². The van der Waals surface area contributed by atoms with E-state index in [-0.39, 0.29) is 23.8 Å². The molecule has 4 rings (SSSR count). The average molecular weight is 329 g/mol. The molecule has 1 atom stereocenters. The van der Waals surface area contributed by atoms with Crippen molar-refractivity contribution in [1.29, 1.82) is 0 Å². The molecule has 1 aliphatic heterocycles. The first kappa shape index (κ1) is 15.0. The van der Waals surface area contributed by atoms with Crippen molar-refractivity contribution in [2.45, 2.75) is 44.3 Å². The molecule has 3 N–H and O–H groups in total. The molecule has 1 unspecified atom stereocenters. The number of nitrogens with one attached hydrogen (secondary N) is 1. The summed E-state index contributed by atoms with van der Waals surface area (Å²) in [6.45, 7) is 1.44. The van der Waals surface area contributed by atoms with E-state index in [0.717, 1.165) is 32.2 Å². The average Bonchev–Trinajstić information content (AvgIpc) is 3.06. The molecule has 24 heavy (non-hydrogen) atoms. The van der Waals surface area contributed by atoms with Gasteiger partial charge in [-0.15, -0.1) is 0 Å². The highest BCUT2D eigenvalue weighted by Gasteiger charge is 2.33. The lowest BCUT2D eigenvalue weighted by atomic mass is 10.2. The van der Waals surface area contributed by atoms with Gasteiger partial charge in [0.05, 0.1) is 12.6 Å². The normalized spacial score (nSPS) is 21.1. The third-order valence-corrected chi connectivity index (χ3v) is 4.28. The molecule has 0 radical (unpaired) electrons. The maximum atomic E-state index is 12.0. The Kier molecular flexibility index (Phi) is 3.85. The van der Waals surface area contributed by atoms with Crippen LogP contribution in [0.3, 0.4) is 0 Å². The number of hydrogen-bond donors (Lipinski definition) is 2. The number of rotatable bonds is 5. The number of anilines is 1. The zero-order valence-corrected chi connectivity index (χ0v) is 13.2. The summed E-state index contributed by atoms with van der Waals surface area (Å²) >= 11 is 0. The molecule has 1 saturated heterocycles. The topological polar surface area (TPSA) is 123 Å². The van der Waals surface area contributed by atoms with Crippen molar-refractivity contribution >= 4 is 11.7 Å². The van der Waals surface area contributed by atoms with Gasteiger partial charge >= 0.3 is 0 Å². The number of likely N-dealkylation sites (tertiary alicyclic amines) is 1. The third kappa shape index (κ3) is 3.21. The molecular weight excluding hydrogens is 310 g/mol. The minimum absolute atomic E-state index is 0.0231. The maximum absolute atomic E-state index is 12.0. The summed E-state index contributed by atoms with van der Waals surface area (Å²) in [6.07, 6.45) is 5.60. The summed E-state index contributed by atoms with van der Waals surface area (Å²) in [5.74, 6) is 1.42. The van der Waals surface area contributed by atoms with Crippen LogP contribution in [0.1, 0.15) is 54.1 Å². The lowest BCUT2D eigenvalue weighted by Gasteiger charge is -2.20. The number of carbonyl (C=O) groups excluding carboxylic acids is 1. The first-order valence-corrected chi connectivity index (χ1v) is 8.15. The van der Waals surface area contributed by atoms with Gasteiger partial charge in [0.25, 0.3) is 11.7 Å². The van der Waals surface area contributed by atoms with Gasteiger partial charge in [-0.05, 0) is 38.3 Å². The summed E-state index contributed by atoms with van der Waals surface area (Å²) in [7, 11) is 0. The van der Waals surface area contributed by atoms with E-state index in [1.165, 1.54) is 0 Å². The number of hydrogen-bond acceptors (Lipinski definition) is 8. The van der Waals surface area contributed by atoms with Crippen molar-refractivity contribution < 1.29 is 9.32 Å². The third-order valence-electron chi connectivity index (χ3n) is 4.28. The van der Waals surface area contributed by atoms with Crippen LogP contribution >= 0.6 is 0 Å². The lowest BCUT2D eigenvalue weighted by molar-refractivity contribution is 0.0937. The standard InChI is InChI=1S/C15H19N7O2/c16-11-5-6-17-12(19-11)8-22-7-1-2-10(22)15-20-13(21-24-15)14(23)18-9-3-4-9/h5-6,9-10H,1-4,7-8H2,(H,18,23)(H2,16,17,19). The molecule has 0 bridgehead atoms. The number of aromatic nitrogens is 4. The highest BCUT2D eigenvalue weighted by atomic mass is 16.5. The molecule has 9 heteroatoms. The number of nitrogens with zero attached hydrogens (tertiary/aromatic N) is 5. The Morgan fingerprint density at radius 3 is 3.04 bits per heavy atom. The molecule has 2 aromatic heterocycles. The van der Waals surface area contributed by atoms with E-state index in [9.17, 15) is 4.79 Å². The van der Waals surface area contributed by atoms with Crippen molar-refractivity contribution in [3.8, 4) is 0 Å². The molecular formula is C15H19N7O2. The van der Waals surface area contributed by atoms with Crippen LogP contribution in [-0.4, -0.2) is 43.5 Å². The van der Waals surface area contributed by atoms with Gasteiger partial charge in [0, 0.05) is 12.2 Å². The summed E-state index contributed by atoms with van der Waals surface area (Å²) in [4.78, 5) is 26.9.